The molecule has 0 atom stereocenters. The Morgan fingerprint density at radius 3 is 2.75 bits per heavy atom. The minimum Gasteiger partial charge on any atom is -0.338 e. The second-order valence-corrected chi connectivity index (χ2v) is 6.68. The molecule has 0 saturated carbocycles. The van der Waals surface area contributed by atoms with E-state index < -0.39 is 0 Å². The molecule has 0 bridgehead atoms. The van der Waals surface area contributed by atoms with E-state index in [0.717, 1.165) is 49.6 Å². The van der Waals surface area contributed by atoms with Crippen molar-refractivity contribution in [3.05, 3.63) is 45.4 Å². The van der Waals surface area contributed by atoms with Gasteiger partial charge in [-0.1, -0.05) is 0 Å². The van der Waals surface area contributed by atoms with Crippen molar-refractivity contribution < 1.29 is 4.79 Å². The highest BCUT2D eigenvalue weighted by molar-refractivity contribution is 5.93. The number of nitrogens with one attached hydrogen (secondary N) is 1. The highest BCUT2D eigenvalue weighted by Crippen LogP contribution is 2.29. The number of pyridine rings is 1. The Morgan fingerprint density at radius 1 is 1.21 bits per heavy atom. The summed E-state index contributed by atoms with van der Waals surface area (Å²) in [6, 6.07) is 3.38. The van der Waals surface area contributed by atoms with Gasteiger partial charge in [0.15, 0.2) is 0 Å². The highest BCUT2D eigenvalue weighted by Gasteiger charge is 2.30. The van der Waals surface area contributed by atoms with Gasteiger partial charge in [0.25, 0.3) is 11.5 Å². The molecular weight excluding hydrogens is 306 g/mol. The smallest absolute Gasteiger partial charge is 0.260 e. The highest BCUT2D eigenvalue weighted by atomic mass is 16.2. The molecule has 0 radical (unpaired) electrons. The van der Waals surface area contributed by atoms with Crippen LogP contribution < -0.4 is 5.56 Å². The van der Waals surface area contributed by atoms with Gasteiger partial charge in [0.1, 0.15) is 17.2 Å². The average Bonchev–Trinajstić information content (AvgIpc) is 3.18. The van der Waals surface area contributed by atoms with Crippen LogP contribution in [-0.2, 0) is 13.0 Å². The Labute approximate surface area is 139 Å². The van der Waals surface area contributed by atoms with Gasteiger partial charge in [0.05, 0.1) is 0 Å². The van der Waals surface area contributed by atoms with Crippen molar-refractivity contribution in [3.8, 4) is 0 Å². The van der Waals surface area contributed by atoms with E-state index in [0.29, 0.717) is 19.0 Å². The molecule has 2 aliphatic heterocycles. The summed E-state index contributed by atoms with van der Waals surface area (Å²) in [5.74, 6) is 2.34. The molecule has 2 aliphatic rings. The summed E-state index contributed by atoms with van der Waals surface area (Å²) in [5.41, 5.74) is 0.677. The predicted molar refractivity (Wildman–Crippen MR) is 88.0 cm³/mol. The van der Waals surface area contributed by atoms with Crippen molar-refractivity contribution in [3.63, 3.8) is 0 Å². The van der Waals surface area contributed by atoms with Crippen LogP contribution >= 0.6 is 0 Å². The first kappa shape index (κ1) is 15.1. The van der Waals surface area contributed by atoms with E-state index in [9.17, 15) is 9.59 Å². The molecule has 24 heavy (non-hydrogen) atoms. The minimum absolute atomic E-state index is 0.179. The lowest BCUT2D eigenvalue weighted by molar-refractivity contribution is 0.0708. The van der Waals surface area contributed by atoms with Gasteiger partial charge in [-0.05, 0) is 38.3 Å². The molecule has 1 saturated heterocycles. The van der Waals surface area contributed by atoms with Crippen LogP contribution in [0.2, 0.25) is 0 Å². The van der Waals surface area contributed by atoms with E-state index in [-0.39, 0.29) is 17.0 Å². The molecule has 126 valence electrons. The largest absolute Gasteiger partial charge is 0.338 e. The summed E-state index contributed by atoms with van der Waals surface area (Å²) in [7, 11) is 0. The number of nitrogens with zero attached hydrogens (tertiary/aromatic N) is 4. The molecule has 2 aromatic rings. The number of aryl methyl sites for hydroxylation is 2. The van der Waals surface area contributed by atoms with Crippen molar-refractivity contribution in [2.75, 3.05) is 13.1 Å². The quantitative estimate of drug-likeness (QED) is 0.899. The molecule has 1 fully saturated rings. The number of likely N-dealkylation sites (tertiary alicyclic amines) is 1. The summed E-state index contributed by atoms with van der Waals surface area (Å²) in [6.07, 6.45) is 3.90. The monoisotopic (exact) mass is 327 g/mol. The first-order valence-corrected chi connectivity index (χ1v) is 8.54. The maximum absolute atomic E-state index is 12.6. The number of aromatic nitrogens is 4. The molecule has 0 unspecified atom stereocenters. The molecule has 4 rings (SSSR count). The zero-order valence-corrected chi connectivity index (χ0v) is 13.8. The van der Waals surface area contributed by atoms with Gasteiger partial charge < -0.3 is 14.5 Å². The molecule has 7 heteroatoms. The zero-order chi connectivity index (χ0) is 16.7. The molecular formula is C17H21N5O2. The number of hydrogen-bond acceptors (Lipinski definition) is 4. The van der Waals surface area contributed by atoms with Gasteiger partial charge in [0.2, 0.25) is 0 Å². The zero-order valence-electron chi connectivity index (χ0n) is 13.8. The first-order valence-electron chi connectivity index (χ1n) is 8.54. The normalized spacial score (nSPS) is 18.0. The van der Waals surface area contributed by atoms with Gasteiger partial charge in [-0.15, -0.1) is 10.2 Å². The van der Waals surface area contributed by atoms with E-state index in [1.807, 2.05) is 0 Å². The number of carbonyl (C=O) groups is 1. The topological polar surface area (TPSA) is 83.9 Å². The van der Waals surface area contributed by atoms with Crippen LogP contribution in [0.3, 0.4) is 0 Å². The molecule has 4 heterocycles. The maximum Gasteiger partial charge on any atom is 0.260 e. The van der Waals surface area contributed by atoms with Gasteiger partial charge in [-0.3, -0.25) is 9.59 Å². The van der Waals surface area contributed by atoms with Crippen LogP contribution in [0.4, 0.5) is 0 Å². The van der Waals surface area contributed by atoms with Crippen LogP contribution in [0.25, 0.3) is 0 Å². The third-order valence-corrected chi connectivity index (χ3v) is 5.07. The number of carbonyl (C=O) groups excluding carboxylic acids is 1. The Kier molecular flexibility index (Phi) is 3.70. The lowest BCUT2D eigenvalue weighted by atomic mass is 9.95. The molecule has 1 N–H and O–H groups in total. The summed E-state index contributed by atoms with van der Waals surface area (Å²) in [6.45, 7) is 4.12. The fourth-order valence-corrected chi connectivity index (χ4v) is 3.73. The summed E-state index contributed by atoms with van der Waals surface area (Å²) in [4.78, 5) is 29.0. The lowest BCUT2D eigenvalue weighted by Gasteiger charge is -2.31. The van der Waals surface area contributed by atoms with Crippen LogP contribution in [0.1, 0.15) is 52.9 Å². The van der Waals surface area contributed by atoms with Gasteiger partial charge >= 0.3 is 0 Å². The SMILES string of the molecule is Cc1ccc(C(=O)N2CCC(c3nnc4n3CCC4)CC2)c(=O)[nH]1. The van der Waals surface area contributed by atoms with Crippen LogP contribution in [-0.4, -0.2) is 43.6 Å². The van der Waals surface area contributed by atoms with Crippen LogP contribution in [0.5, 0.6) is 0 Å². The number of piperidine rings is 1. The lowest BCUT2D eigenvalue weighted by Crippen LogP contribution is -2.40. The van der Waals surface area contributed by atoms with E-state index in [2.05, 4.69) is 19.7 Å². The fourth-order valence-electron chi connectivity index (χ4n) is 3.73. The molecule has 0 aromatic carbocycles. The van der Waals surface area contributed by atoms with Gasteiger partial charge in [0, 0.05) is 37.7 Å². The van der Waals surface area contributed by atoms with Crippen LogP contribution in [0.15, 0.2) is 16.9 Å². The Hall–Kier alpha value is -2.44. The van der Waals surface area contributed by atoms with E-state index in [4.69, 9.17) is 0 Å². The second kappa shape index (κ2) is 5.89. The second-order valence-electron chi connectivity index (χ2n) is 6.68. The van der Waals surface area contributed by atoms with Crippen molar-refractivity contribution in [1.29, 1.82) is 0 Å². The third kappa shape index (κ3) is 2.53. The maximum atomic E-state index is 12.6. The summed E-state index contributed by atoms with van der Waals surface area (Å²) < 4.78 is 2.24. The number of hydrogen-bond donors (Lipinski definition) is 1. The molecule has 0 spiro atoms. The Balaban J connectivity index is 1.46. The number of rotatable bonds is 2. The molecule has 1 amide bonds. The molecule has 2 aromatic heterocycles. The third-order valence-electron chi connectivity index (χ3n) is 5.07. The molecule has 0 aliphatic carbocycles. The average molecular weight is 327 g/mol. The Morgan fingerprint density at radius 2 is 2.00 bits per heavy atom. The molecule has 7 nitrogen and oxygen atoms in total. The summed E-state index contributed by atoms with van der Waals surface area (Å²) >= 11 is 0. The number of aromatic amines is 1. The summed E-state index contributed by atoms with van der Waals surface area (Å²) in [5, 5.41) is 8.65. The van der Waals surface area contributed by atoms with Crippen molar-refractivity contribution in [2.45, 2.75) is 45.1 Å². The number of amides is 1. The van der Waals surface area contributed by atoms with E-state index in [1.54, 1.807) is 24.0 Å². The minimum atomic E-state index is -0.308. The van der Waals surface area contributed by atoms with Crippen molar-refractivity contribution in [2.24, 2.45) is 0 Å². The number of fused-ring (bicyclic) bond motifs is 1. The van der Waals surface area contributed by atoms with E-state index >= 15 is 0 Å². The van der Waals surface area contributed by atoms with E-state index in [1.165, 1.54) is 0 Å². The fraction of sp³-hybridized carbons (Fsp3) is 0.529. The van der Waals surface area contributed by atoms with Crippen LogP contribution in [0, 0.1) is 6.92 Å². The van der Waals surface area contributed by atoms with Gasteiger partial charge in [-0.2, -0.15) is 0 Å². The Bertz CT molecular complexity index is 830. The van der Waals surface area contributed by atoms with Gasteiger partial charge in [-0.25, -0.2) is 0 Å². The predicted octanol–water partition coefficient (Wildman–Crippen LogP) is 1.24. The first-order chi connectivity index (χ1) is 11.6. The standard InChI is InChI=1S/C17H21N5O2/c1-11-4-5-13(16(23)18-11)17(24)21-9-6-12(7-10-21)15-20-19-14-3-2-8-22(14)15/h4-5,12H,2-3,6-10H2,1H3,(H,18,23). The number of H-pyrrole nitrogens is 1. The van der Waals surface area contributed by atoms with Crippen molar-refractivity contribution in [1.82, 2.24) is 24.6 Å². The van der Waals surface area contributed by atoms with Crippen molar-refractivity contribution >= 4 is 5.91 Å².